The number of hydrogen-bond donors (Lipinski definition) is 1. The predicted octanol–water partition coefficient (Wildman–Crippen LogP) is 4.51. The van der Waals surface area contributed by atoms with Crippen molar-refractivity contribution in [3.05, 3.63) is 64.7 Å². The SMILES string of the molecule is CCO[C@@H](CC(=O)O)c1ccc(OCCc2ccc(Cl)cc2)cc1. The van der Waals surface area contributed by atoms with Crippen LogP contribution in [-0.2, 0) is 16.0 Å². The molecule has 0 aliphatic heterocycles. The molecule has 2 aromatic carbocycles. The molecule has 0 saturated carbocycles. The van der Waals surface area contributed by atoms with Crippen molar-refractivity contribution >= 4 is 17.6 Å². The Labute approximate surface area is 147 Å². The minimum Gasteiger partial charge on any atom is -0.493 e. The van der Waals surface area contributed by atoms with E-state index >= 15 is 0 Å². The van der Waals surface area contributed by atoms with Gasteiger partial charge in [-0.3, -0.25) is 4.79 Å². The molecule has 4 nitrogen and oxygen atoms in total. The number of hydrogen-bond acceptors (Lipinski definition) is 3. The van der Waals surface area contributed by atoms with Crippen molar-refractivity contribution in [2.24, 2.45) is 0 Å². The average Bonchev–Trinajstić information content (AvgIpc) is 2.57. The lowest BCUT2D eigenvalue weighted by Gasteiger charge is -2.16. The molecule has 0 radical (unpaired) electrons. The Morgan fingerprint density at radius 2 is 1.79 bits per heavy atom. The summed E-state index contributed by atoms with van der Waals surface area (Å²) < 4.78 is 11.2. The molecule has 2 rings (SSSR count). The number of ether oxygens (including phenoxy) is 2. The van der Waals surface area contributed by atoms with E-state index in [4.69, 9.17) is 26.2 Å². The third kappa shape index (κ3) is 5.87. The quantitative estimate of drug-likeness (QED) is 0.724. The Morgan fingerprint density at radius 3 is 2.38 bits per heavy atom. The number of carbonyl (C=O) groups is 1. The van der Waals surface area contributed by atoms with Gasteiger partial charge in [-0.25, -0.2) is 0 Å². The van der Waals surface area contributed by atoms with Crippen LogP contribution in [0.3, 0.4) is 0 Å². The molecular formula is C19H21ClO4. The standard InChI is InChI=1S/C19H21ClO4/c1-2-23-18(13-19(21)22)15-5-9-17(10-6-15)24-12-11-14-3-7-16(20)8-4-14/h3-10,18H,2,11-13H2,1H3,(H,21,22)/t18-/m0/s1. The van der Waals surface area contributed by atoms with Gasteiger partial charge < -0.3 is 14.6 Å². The zero-order valence-corrected chi connectivity index (χ0v) is 14.3. The fourth-order valence-corrected chi connectivity index (χ4v) is 2.48. The first kappa shape index (κ1) is 18.3. The number of carboxylic acids is 1. The molecule has 0 fully saturated rings. The third-order valence-corrected chi connectivity index (χ3v) is 3.80. The first-order valence-corrected chi connectivity index (χ1v) is 8.27. The van der Waals surface area contributed by atoms with Crippen molar-refractivity contribution in [3.63, 3.8) is 0 Å². The molecule has 0 heterocycles. The molecule has 0 aliphatic rings. The van der Waals surface area contributed by atoms with Crippen LogP contribution in [0.5, 0.6) is 5.75 Å². The zero-order chi connectivity index (χ0) is 17.4. The summed E-state index contributed by atoms with van der Waals surface area (Å²) in [4.78, 5) is 10.9. The lowest BCUT2D eigenvalue weighted by atomic mass is 10.1. The van der Waals surface area contributed by atoms with Crippen LogP contribution >= 0.6 is 11.6 Å². The van der Waals surface area contributed by atoms with E-state index in [9.17, 15) is 4.79 Å². The van der Waals surface area contributed by atoms with Crippen molar-refractivity contribution in [1.82, 2.24) is 0 Å². The van der Waals surface area contributed by atoms with Crippen molar-refractivity contribution in [3.8, 4) is 5.75 Å². The molecule has 0 unspecified atom stereocenters. The monoisotopic (exact) mass is 348 g/mol. The third-order valence-electron chi connectivity index (χ3n) is 3.55. The minimum absolute atomic E-state index is 0.0510. The van der Waals surface area contributed by atoms with Crippen LogP contribution in [0.15, 0.2) is 48.5 Å². The highest BCUT2D eigenvalue weighted by Gasteiger charge is 2.15. The van der Waals surface area contributed by atoms with Gasteiger partial charge in [-0.2, -0.15) is 0 Å². The van der Waals surface area contributed by atoms with E-state index in [1.165, 1.54) is 0 Å². The maximum Gasteiger partial charge on any atom is 0.306 e. The Bertz CT molecular complexity index is 637. The van der Waals surface area contributed by atoms with Crippen molar-refractivity contribution in [2.45, 2.75) is 25.9 Å². The van der Waals surface area contributed by atoms with Crippen molar-refractivity contribution < 1.29 is 19.4 Å². The molecule has 2 aromatic rings. The first-order valence-electron chi connectivity index (χ1n) is 7.89. The van der Waals surface area contributed by atoms with Gasteiger partial charge in [0.2, 0.25) is 0 Å². The summed E-state index contributed by atoms with van der Waals surface area (Å²) in [5.41, 5.74) is 2.00. The Hall–Kier alpha value is -2.04. The van der Waals surface area contributed by atoms with Crippen LogP contribution in [0.25, 0.3) is 0 Å². The van der Waals surface area contributed by atoms with Gasteiger partial charge in [-0.1, -0.05) is 35.9 Å². The Morgan fingerprint density at radius 1 is 1.12 bits per heavy atom. The molecule has 1 N–H and O–H groups in total. The van der Waals surface area contributed by atoms with E-state index in [2.05, 4.69) is 0 Å². The fraction of sp³-hybridized carbons (Fsp3) is 0.316. The molecule has 24 heavy (non-hydrogen) atoms. The lowest BCUT2D eigenvalue weighted by Crippen LogP contribution is -2.10. The maximum atomic E-state index is 10.9. The van der Waals surface area contributed by atoms with Crippen molar-refractivity contribution in [2.75, 3.05) is 13.2 Å². The maximum absolute atomic E-state index is 10.9. The summed E-state index contributed by atoms with van der Waals surface area (Å²) in [5, 5.41) is 9.68. The van der Waals surface area contributed by atoms with E-state index in [-0.39, 0.29) is 6.42 Å². The highest BCUT2D eigenvalue weighted by atomic mass is 35.5. The largest absolute Gasteiger partial charge is 0.493 e. The molecule has 0 aliphatic carbocycles. The Kier molecular flexibility index (Phi) is 7.09. The lowest BCUT2D eigenvalue weighted by molar-refractivity contribution is -0.140. The van der Waals surface area contributed by atoms with Gasteiger partial charge in [0.15, 0.2) is 0 Å². The van der Waals surface area contributed by atoms with Crippen molar-refractivity contribution in [1.29, 1.82) is 0 Å². The average molecular weight is 349 g/mol. The summed E-state index contributed by atoms with van der Waals surface area (Å²) >= 11 is 5.86. The molecular weight excluding hydrogens is 328 g/mol. The number of benzene rings is 2. The molecule has 0 bridgehead atoms. The Balaban J connectivity index is 1.88. The van der Waals surface area contributed by atoms with Gasteiger partial charge in [0.05, 0.1) is 19.1 Å². The van der Waals surface area contributed by atoms with E-state index in [0.717, 1.165) is 28.3 Å². The smallest absolute Gasteiger partial charge is 0.306 e. The molecule has 0 amide bonds. The highest BCUT2D eigenvalue weighted by Crippen LogP contribution is 2.24. The normalized spacial score (nSPS) is 11.9. The second-order valence-electron chi connectivity index (χ2n) is 5.34. The summed E-state index contributed by atoms with van der Waals surface area (Å²) in [6.07, 6.45) is 0.306. The summed E-state index contributed by atoms with van der Waals surface area (Å²) in [5.74, 6) is -0.130. The number of aliphatic carboxylic acids is 1. The van der Waals surface area contributed by atoms with Gasteiger partial charge in [-0.05, 0) is 42.3 Å². The van der Waals surface area contributed by atoms with E-state index in [1.807, 2.05) is 55.5 Å². The minimum atomic E-state index is -0.878. The van der Waals surface area contributed by atoms with Crippen LogP contribution in [0.4, 0.5) is 0 Å². The van der Waals surface area contributed by atoms with Gasteiger partial charge in [-0.15, -0.1) is 0 Å². The van der Waals surface area contributed by atoms with Gasteiger partial charge in [0, 0.05) is 18.1 Å². The van der Waals surface area contributed by atoms with Crippen LogP contribution < -0.4 is 4.74 Å². The molecule has 1 atom stereocenters. The zero-order valence-electron chi connectivity index (χ0n) is 13.6. The summed E-state index contributed by atoms with van der Waals surface area (Å²) in [6.45, 7) is 2.88. The van der Waals surface area contributed by atoms with E-state index < -0.39 is 12.1 Å². The molecule has 0 spiro atoms. The number of carboxylic acid groups (broad SMARTS) is 1. The topological polar surface area (TPSA) is 55.8 Å². The fourth-order valence-electron chi connectivity index (χ4n) is 2.35. The molecule has 5 heteroatoms. The van der Waals surface area contributed by atoms with Crippen LogP contribution in [0.2, 0.25) is 5.02 Å². The number of halogens is 1. The summed E-state index contributed by atoms with van der Waals surface area (Å²) in [7, 11) is 0. The second-order valence-corrected chi connectivity index (χ2v) is 5.77. The van der Waals surface area contributed by atoms with Gasteiger partial charge >= 0.3 is 5.97 Å². The van der Waals surface area contributed by atoms with Crippen LogP contribution in [-0.4, -0.2) is 24.3 Å². The summed E-state index contributed by atoms with van der Waals surface area (Å²) in [6, 6.07) is 15.1. The number of rotatable bonds is 9. The second kappa shape index (κ2) is 9.30. The molecule has 0 aromatic heterocycles. The van der Waals surface area contributed by atoms with Crippen LogP contribution in [0, 0.1) is 0 Å². The first-order chi connectivity index (χ1) is 11.6. The van der Waals surface area contributed by atoms with E-state index in [0.29, 0.717) is 13.2 Å². The van der Waals surface area contributed by atoms with Gasteiger partial charge in [0.1, 0.15) is 5.75 Å². The molecule has 128 valence electrons. The van der Waals surface area contributed by atoms with Gasteiger partial charge in [0.25, 0.3) is 0 Å². The van der Waals surface area contributed by atoms with E-state index in [1.54, 1.807) is 0 Å². The predicted molar refractivity (Wildman–Crippen MR) is 93.7 cm³/mol. The van der Waals surface area contributed by atoms with Crippen LogP contribution in [0.1, 0.15) is 30.6 Å². The highest BCUT2D eigenvalue weighted by molar-refractivity contribution is 6.30. The molecule has 0 saturated heterocycles.